The van der Waals surface area contributed by atoms with Crippen molar-refractivity contribution in [2.24, 2.45) is 0 Å². The summed E-state index contributed by atoms with van der Waals surface area (Å²) in [6.07, 6.45) is 5.73. The zero-order chi connectivity index (χ0) is 17.5. The molecule has 24 heavy (non-hydrogen) atoms. The van der Waals surface area contributed by atoms with Crippen molar-refractivity contribution < 1.29 is 14.3 Å². The SMILES string of the molecule is COc1ccc(NC(C)=O)cc1N[C@H](C)C(=O)NC1CCCCC1. The Labute approximate surface area is 143 Å². The van der Waals surface area contributed by atoms with Crippen LogP contribution in [-0.4, -0.2) is 31.0 Å². The lowest BCUT2D eigenvalue weighted by atomic mass is 9.95. The van der Waals surface area contributed by atoms with E-state index in [9.17, 15) is 9.59 Å². The summed E-state index contributed by atoms with van der Waals surface area (Å²) in [5.74, 6) is 0.463. The number of hydrogen-bond acceptors (Lipinski definition) is 4. The molecule has 0 heterocycles. The third kappa shape index (κ3) is 5.15. The van der Waals surface area contributed by atoms with E-state index in [4.69, 9.17) is 4.74 Å². The summed E-state index contributed by atoms with van der Waals surface area (Å²) in [6, 6.07) is 5.18. The monoisotopic (exact) mass is 333 g/mol. The minimum Gasteiger partial charge on any atom is -0.495 e. The first-order valence-corrected chi connectivity index (χ1v) is 8.52. The molecule has 132 valence electrons. The number of carbonyl (C=O) groups is 2. The number of anilines is 2. The maximum Gasteiger partial charge on any atom is 0.242 e. The van der Waals surface area contributed by atoms with Gasteiger partial charge >= 0.3 is 0 Å². The van der Waals surface area contributed by atoms with Gasteiger partial charge in [-0.2, -0.15) is 0 Å². The van der Waals surface area contributed by atoms with Gasteiger partial charge in [-0.1, -0.05) is 19.3 Å². The lowest BCUT2D eigenvalue weighted by molar-refractivity contribution is -0.122. The Morgan fingerprint density at radius 2 is 1.92 bits per heavy atom. The van der Waals surface area contributed by atoms with E-state index in [0.717, 1.165) is 12.8 Å². The van der Waals surface area contributed by atoms with Crippen molar-refractivity contribution in [3.63, 3.8) is 0 Å². The molecule has 2 rings (SSSR count). The van der Waals surface area contributed by atoms with Crippen molar-refractivity contribution in [2.45, 2.75) is 58.0 Å². The number of hydrogen-bond donors (Lipinski definition) is 3. The number of methoxy groups -OCH3 is 1. The van der Waals surface area contributed by atoms with Crippen molar-refractivity contribution in [1.82, 2.24) is 5.32 Å². The number of ether oxygens (including phenoxy) is 1. The lowest BCUT2D eigenvalue weighted by Crippen LogP contribution is -2.44. The molecule has 6 heteroatoms. The molecule has 0 aromatic heterocycles. The van der Waals surface area contributed by atoms with Gasteiger partial charge in [-0.25, -0.2) is 0 Å². The molecule has 0 aliphatic heterocycles. The van der Waals surface area contributed by atoms with Crippen molar-refractivity contribution in [3.05, 3.63) is 18.2 Å². The molecule has 0 saturated heterocycles. The highest BCUT2D eigenvalue weighted by Gasteiger charge is 2.20. The van der Waals surface area contributed by atoms with Crippen LogP contribution in [0.15, 0.2) is 18.2 Å². The molecule has 1 aliphatic rings. The Morgan fingerprint density at radius 1 is 1.21 bits per heavy atom. The average molecular weight is 333 g/mol. The van der Waals surface area contributed by atoms with Crippen LogP contribution >= 0.6 is 0 Å². The first-order chi connectivity index (χ1) is 11.5. The Balaban J connectivity index is 2.01. The summed E-state index contributed by atoms with van der Waals surface area (Å²) in [5.41, 5.74) is 1.33. The van der Waals surface area contributed by atoms with Crippen LogP contribution in [0.25, 0.3) is 0 Å². The van der Waals surface area contributed by atoms with E-state index in [1.165, 1.54) is 26.2 Å². The summed E-state index contributed by atoms with van der Waals surface area (Å²) < 4.78 is 5.33. The Morgan fingerprint density at radius 3 is 2.54 bits per heavy atom. The van der Waals surface area contributed by atoms with Crippen LogP contribution in [0.4, 0.5) is 11.4 Å². The first kappa shape index (κ1) is 18.1. The molecule has 1 aliphatic carbocycles. The van der Waals surface area contributed by atoms with E-state index in [-0.39, 0.29) is 17.9 Å². The molecule has 6 nitrogen and oxygen atoms in total. The molecule has 2 amide bonds. The molecule has 0 radical (unpaired) electrons. The molecule has 1 atom stereocenters. The zero-order valence-electron chi connectivity index (χ0n) is 14.6. The largest absolute Gasteiger partial charge is 0.495 e. The molecular formula is C18H27N3O3. The van der Waals surface area contributed by atoms with Gasteiger partial charge in [0.15, 0.2) is 0 Å². The number of rotatable bonds is 6. The fraction of sp³-hybridized carbons (Fsp3) is 0.556. The Hall–Kier alpha value is -2.24. The molecule has 0 unspecified atom stereocenters. The predicted octanol–water partition coefficient (Wildman–Crippen LogP) is 2.90. The van der Waals surface area contributed by atoms with Crippen LogP contribution in [0.3, 0.4) is 0 Å². The molecular weight excluding hydrogens is 306 g/mol. The van der Waals surface area contributed by atoms with E-state index in [1.807, 2.05) is 6.92 Å². The van der Waals surface area contributed by atoms with Gasteiger partial charge in [0.2, 0.25) is 11.8 Å². The number of carbonyl (C=O) groups excluding carboxylic acids is 2. The summed E-state index contributed by atoms with van der Waals surface area (Å²) in [4.78, 5) is 23.6. The highest BCUT2D eigenvalue weighted by atomic mass is 16.5. The molecule has 3 N–H and O–H groups in total. The predicted molar refractivity (Wildman–Crippen MR) is 95.4 cm³/mol. The highest BCUT2D eigenvalue weighted by molar-refractivity contribution is 5.90. The quantitative estimate of drug-likeness (QED) is 0.748. The van der Waals surface area contributed by atoms with Crippen LogP contribution in [0, 0.1) is 0 Å². The van der Waals surface area contributed by atoms with Crippen molar-refractivity contribution in [3.8, 4) is 5.75 Å². The second-order valence-corrected chi connectivity index (χ2v) is 6.31. The molecule has 0 bridgehead atoms. The molecule has 1 aromatic rings. The topological polar surface area (TPSA) is 79.5 Å². The second kappa shape index (κ2) is 8.57. The van der Waals surface area contributed by atoms with Gasteiger partial charge in [-0.05, 0) is 38.0 Å². The van der Waals surface area contributed by atoms with Crippen LogP contribution in [-0.2, 0) is 9.59 Å². The number of amides is 2. The summed E-state index contributed by atoms with van der Waals surface area (Å²) in [7, 11) is 1.57. The van der Waals surface area contributed by atoms with Crippen molar-refractivity contribution in [2.75, 3.05) is 17.7 Å². The van der Waals surface area contributed by atoms with E-state index in [2.05, 4.69) is 16.0 Å². The van der Waals surface area contributed by atoms with Gasteiger partial charge in [0.05, 0.1) is 12.8 Å². The number of benzene rings is 1. The Kier molecular flexibility index (Phi) is 6.46. The van der Waals surface area contributed by atoms with Gasteiger partial charge < -0.3 is 20.7 Å². The minimum absolute atomic E-state index is 0.0196. The third-order valence-corrected chi connectivity index (χ3v) is 4.24. The molecule has 1 saturated carbocycles. The molecule has 1 aromatic carbocycles. The van der Waals surface area contributed by atoms with E-state index < -0.39 is 6.04 Å². The van der Waals surface area contributed by atoms with Crippen molar-refractivity contribution >= 4 is 23.2 Å². The summed E-state index contributed by atoms with van der Waals surface area (Å²) in [6.45, 7) is 3.28. The fourth-order valence-corrected chi connectivity index (χ4v) is 2.97. The first-order valence-electron chi connectivity index (χ1n) is 8.52. The van der Waals surface area contributed by atoms with Gasteiger partial charge in [-0.3, -0.25) is 9.59 Å². The molecule has 1 fully saturated rings. The van der Waals surface area contributed by atoms with Crippen LogP contribution in [0.2, 0.25) is 0 Å². The van der Waals surface area contributed by atoms with Gasteiger partial charge in [0.1, 0.15) is 11.8 Å². The fourth-order valence-electron chi connectivity index (χ4n) is 2.97. The van der Waals surface area contributed by atoms with E-state index in [0.29, 0.717) is 17.1 Å². The normalized spacial score (nSPS) is 16.1. The standard InChI is InChI=1S/C18H27N3O3/c1-12(18(23)21-14-7-5-4-6-8-14)19-16-11-15(20-13(2)22)9-10-17(16)24-3/h9-12,14,19H,4-8H2,1-3H3,(H,20,22)(H,21,23)/t12-/m1/s1. The van der Waals surface area contributed by atoms with Crippen molar-refractivity contribution in [1.29, 1.82) is 0 Å². The Bertz CT molecular complexity index is 583. The maximum absolute atomic E-state index is 12.4. The number of nitrogens with one attached hydrogen (secondary N) is 3. The molecule has 0 spiro atoms. The smallest absolute Gasteiger partial charge is 0.242 e. The van der Waals surface area contributed by atoms with Crippen LogP contribution < -0.4 is 20.7 Å². The van der Waals surface area contributed by atoms with Gasteiger partial charge in [0, 0.05) is 18.7 Å². The maximum atomic E-state index is 12.4. The van der Waals surface area contributed by atoms with Gasteiger partial charge in [-0.15, -0.1) is 0 Å². The summed E-state index contributed by atoms with van der Waals surface area (Å²) in [5, 5.41) is 9.02. The summed E-state index contributed by atoms with van der Waals surface area (Å²) >= 11 is 0. The zero-order valence-corrected chi connectivity index (χ0v) is 14.6. The third-order valence-electron chi connectivity index (χ3n) is 4.24. The lowest BCUT2D eigenvalue weighted by Gasteiger charge is -2.25. The average Bonchev–Trinajstić information content (AvgIpc) is 2.55. The minimum atomic E-state index is -0.395. The van der Waals surface area contributed by atoms with Gasteiger partial charge in [0.25, 0.3) is 0 Å². The van der Waals surface area contributed by atoms with Crippen LogP contribution in [0.5, 0.6) is 5.75 Å². The van der Waals surface area contributed by atoms with E-state index in [1.54, 1.807) is 25.3 Å². The second-order valence-electron chi connectivity index (χ2n) is 6.31. The van der Waals surface area contributed by atoms with E-state index >= 15 is 0 Å². The van der Waals surface area contributed by atoms with Crippen LogP contribution in [0.1, 0.15) is 46.0 Å². The highest BCUT2D eigenvalue weighted by Crippen LogP contribution is 2.28.